The third kappa shape index (κ3) is 4.73. The lowest BCUT2D eigenvalue weighted by Crippen LogP contribution is -2.39. The highest BCUT2D eigenvalue weighted by Gasteiger charge is 2.17. The summed E-state index contributed by atoms with van der Waals surface area (Å²) in [6, 6.07) is 0. The standard InChI is InChI=1S/C12H22N2O3/c1-10(17-2)12(16)13-7-6-11(15)14-8-4-3-5-9-14/h10H,3-9H2,1-2H3,(H,13,16). The number of piperidine rings is 1. The fraction of sp³-hybridized carbons (Fsp3) is 0.833. The van der Waals surface area contributed by atoms with Crippen LogP contribution in [0.4, 0.5) is 0 Å². The number of carbonyl (C=O) groups excluding carboxylic acids is 2. The van der Waals surface area contributed by atoms with Crippen molar-refractivity contribution in [3.8, 4) is 0 Å². The van der Waals surface area contributed by atoms with Gasteiger partial charge in [-0.15, -0.1) is 0 Å². The van der Waals surface area contributed by atoms with Crippen molar-refractivity contribution < 1.29 is 14.3 Å². The smallest absolute Gasteiger partial charge is 0.248 e. The summed E-state index contributed by atoms with van der Waals surface area (Å²) in [6.07, 6.45) is 3.33. The number of rotatable bonds is 5. The van der Waals surface area contributed by atoms with Gasteiger partial charge in [0.25, 0.3) is 0 Å². The Labute approximate surface area is 102 Å². The molecule has 98 valence electrons. The molecule has 0 saturated carbocycles. The molecule has 1 unspecified atom stereocenters. The van der Waals surface area contributed by atoms with Gasteiger partial charge in [0.05, 0.1) is 0 Å². The Bertz CT molecular complexity index is 262. The van der Waals surface area contributed by atoms with Crippen LogP contribution in [0.5, 0.6) is 0 Å². The molecular weight excluding hydrogens is 220 g/mol. The zero-order chi connectivity index (χ0) is 12.7. The molecule has 1 atom stereocenters. The van der Waals surface area contributed by atoms with E-state index in [1.54, 1.807) is 6.92 Å². The van der Waals surface area contributed by atoms with Crippen molar-refractivity contribution in [2.45, 2.75) is 38.7 Å². The van der Waals surface area contributed by atoms with Crippen LogP contribution < -0.4 is 5.32 Å². The summed E-state index contributed by atoms with van der Waals surface area (Å²) in [5, 5.41) is 2.69. The van der Waals surface area contributed by atoms with Crippen LogP contribution in [-0.2, 0) is 14.3 Å². The molecule has 1 fully saturated rings. The van der Waals surface area contributed by atoms with E-state index in [9.17, 15) is 9.59 Å². The summed E-state index contributed by atoms with van der Waals surface area (Å²) in [5.41, 5.74) is 0. The normalized spacial score (nSPS) is 17.6. The fourth-order valence-electron chi connectivity index (χ4n) is 1.84. The average Bonchev–Trinajstić information content (AvgIpc) is 2.38. The number of nitrogens with zero attached hydrogens (tertiary/aromatic N) is 1. The number of carbonyl (C=O) groups is 2. The lowest BCUT2D eigenvalue weighted by atomic mass is 10.1. The Morgan fingerprint density at radius 2 is 1.94 bits per heavy atom. The second-order valence-electron chi connectivity index (χ2n) is 4.36. The van der Waals surface area contributed by atoms with Crippen molar-refractivity contribution in [3.05, 3.63) is 0 Å². The van der Waals surface area contributed by atoms with Crippen molar-refractivity contribution in [1.82, 2.24) is 10.2 Å². The van der Waals surface area contributed by atoms with Crippen LogP contribution in [0.25, 0.3) is 0 Å². The van der Waals surface area contributed by atoms with Gasteiger partial charge in [0.1, 0.15) is 6.10 Å². The molecule has 0 aromatic carbocycles. The molecule has 1 saturated heterocycles. The molecule has 0 spiro atoms. The van der Waals surface area contributed by atoms with E-state index < -0.39 is 6.10 Å². The lowest BCUT2D eigenvalue weighted by molar-refractivity contribution is -0.132. The topological polar surface area (TPSA) is 58.6 Å². The number of hydrogen-bond acceptors (Lipinski definition) is 3. The number of likely N-dealkylation sites (tertiary alicyclic amines) is 1. The summed E-state index contributed by atoms with van der Waals surface area (Å²) in [7, 11) is 1.49. The molecule has 1 N–H and O–H groups in total. The highest BCUT2D eigenvalue weighted by Crippen LogP contribution is 2.09. The van der Waals surface area contributed by atoms with Gasteiger partial charge in [0.2, 0.25) is 11.8 Å². The van der Waals surface area contributed by atoms with Crippen LogP contribution in [0.15, 0.2) is 0 Å². The molecule has 5 nitrogen and oxygen atoms in total. The molecule has 2 amide bonds. The van der Waals surface area contributed by atoms with E-state index in [0.717, 1.165) is 25.9 Å². The molecule has 5 heteroatoms. The minimum absolute atomic E-state index is 0.134. The maximum atomic E-state index is 11.8. The average molecular weight is 242 g/mol. The Morgan fingerprint density at radius 3 is 2.53 bits per heavy atom. The fourth-order valence-corrected chi connectivity index (χ4v) is 1.84. The van der Waals surface area contributed by atoms with Crippen molar-refractivity contribution in [2.75, 3.05) is 26.7 Å². The van der Waals surface area contributed by atoms with E-state index in [-0.39, 0.29) is 11.8 Å². The highest BCUT2D eigenvalue weighted by atomic mass is 16.5. The monoisotopic (exact) mass is 242 g/mol. The first-order valence-corrected chi connectivity index (χ1v) is 6.23. The van der Waals surface area contributed by atoms with E-state index >= 15 is 0 Å². The third-order valence-electron chi connectivity index (χ3n) is 3.07. The van der Waals surface area contributed by atoms with Gasteiger partial charge >= 0.3 is 0 Å². The van der Waals surface area contributed by atoms with Crippen molar-refractivity contribution >= 4 is 11.8 Å². The van der Waals surface area contributed by atoms with E-state index in [4.69, 9.17) is 4.74 Å². The zero-order valence-electron chi connectivity index (χ0n) is 10.7. The molecule has 1 aliphatic heterocycles. The van der Waals surface area contributed by atoms with Crippen molar-refractivity contribution in [1.29, 1.82) is 0 Å². The maximum absolute atomic E-state index is 11.8. The van der Waals surface area contributed by atoms with Crippen LogP contribution in [0, 0.1) is 0 Å². The molecule has 0 radical (unpaired) electrons. The molecule has 1 rings (SSSR count). The SMILES string of the molecule is COC(C)C(=O)NCCC(=O)N1CCCCC1. The Hall–Kier alpha value is -1.10. The number of methoxy groups -OCH3 is 1. The van der Waals surface area contributed by atoms with Crippen LogP contribution in [0.3, 0.4) is 0 Å². The molecule has 0 aliphatic carbocycles. The summed E-state index contributed by atoms with van der Waals surface area (Å²) in [5.74, 6) is -0.0333. The first kappa shape index (κ1) is 14.0. The van der Waals surface area contributed by atoms with Gasteiger partial charge in [0.15, 0.2) is 0 Å². The molecule has 1 aliphatic rings. The van der Waals surface area contributed by atoms with E-state index in [2.05, 4.69) is 5.32 Å². The molecule has 0 aromatic heterocycles. The van der Waals surface area contributed by atoms with E-state index in [1.807, 2.05) is 4.90 Å². The maximum Gasteiger partial charge on any atom is 0.248 e. The first-order chi connectivity index (χ1) is 8.15. The number of hydrogen-bond donors (Lipinski definition) is 1. The van der Waals surface area contributed by atoms with Crippen molar-refractivity contribution in [3.63, 3.8) is 0 Å². The number of amides is 2. The van der Waals surface area contributed by atoms with E-state index in [1.165, 1.54) is 13.5 Å². The zero-order valence-corrected chi connectivity index (χ0v) is 10.7. The Balaban J connectivity index is 2.17. The largest absolute Gasteiger partial charge is 0.372 e. The van der Waals surface area contributed by atoms with Crippen LogP contribution in [0.2, 0.25) is 0 Å². The van der Waals surface area contributed by atoms with Crippen LogP contribution in [0.1, 0.15) is 32.6 Å². The van der Waals surface area contributed by atoms with Gasteiger partial charge in [-0.25, -0.2) is 0 Å². The van der Waals surface area contributed by atoms with Gasteiger partial charge < -0.3 is 15.0 Å². The molecular formula is C12H22N2O3. The van der Waals surface area contributed by atoms with Crippen molar-refractivity contribution in [2.24, 2.45) is 0 Å². The van der Waals surface area contributed by atoms with Gasteiger partial charge in [-0.2, -0.15) is 0 Å². The summed E-state index contributed by atoms with van der Waals surface area (Å²) < 4.78 is 4.88. The minimum Gasteiger partial charge on any atom is -0.372 e. The predicted octanol–water partition coefficient (Wildman–Crippen LogP) is 0.540. The van der Waals surface area contributed by atoms with E-state index in [0.29, 0.717) is 13.0 Å². The second kappa shape index (κ2) is 7.27. The Kier molecular flexibility index (Phi) is 5.97. The number of nitrogens with one attached hydrogen (secondary N) is 1. The molecule has 0 bridgehead atoms. The number of ether oxygens (including phenoxy) is 1. The quantitative estimate of drug-likeness (QED) is 0.765. The minimum atomic E-state index is -0.458. The van der Waals surface area contributed by atoms with Crippen LogP contribution >= 0.6 is 0 Å². The van der Waals surface area contributed by atoms with Gasteiger partial charge in [-0.05, 0) is 26.2 Å². The lowest BCUT2D eigenvalue weighted by Gasteiger charge is -2.26. The van der Waals surface area contributed by atoms with Crippen LogP contribution in [-0.4, -0.2) is 49.6 Å². The van der Waals surface area contributed by atoms with Gasteiger partial charge in [-0.3, -0.25) is 9.59 Å². The molecule has 17 heavy (non-hydrogen) atoms. The second-order valence-corrected chi connectivity index (χ2v) is 4.36. The van der Waals surface area contributed by atoms with Gasteiger partial charge in [-0.1, -0.05) is 0 Å². The van der Waals surface area contributed by atoms with Gasteiger partial charge in [0, 0.05) is 33.2 Å². The molecule has 1 heterocycles. The molecule has 0 aromatic rings. The highest BCUT2D eigenvalue weighted by molar-refractivity contribution is 5.81. The Morgan fingerprint density at radius 1 is 1.29 bits per heavy atom. The third-order valence-corrected chi connectivity index (χ3v) is 3.07. The predicted molar refractivity (Wildman–Crippen MR) is 64.5 cm³/mol. The first-order valence-electron chi connectivity index (χ1n) is 6.23. The summed E-state index contributed by atoms with van der Waals surface area (Å²) >= 11 is 0. The summed E-state index contributed by atoms with van der Waals surface area (Å²) in [4.78, 5) is 25.0. The summed E-state index contributed by atoms with van der Waals surface area (Å²) in [6.45, 7) is 3.80.